The molecule has 1 aromatic carbocycles. The Kier molecular flexibility index (Phi) is 4.92. The maximum absolute atomic E-state index is 14.0. The number of ether oxygens (including phenoxy) is 1. The lowest BCUT2D eigenvalue weighted by Gasteiger charge is -2.20. The molecule has 1 aliphatic heterocycles. The van der Waals surface area contributed by atoms with Gasteiger partial charge in [-0.05, 0) is 31.9 Å². The van der Waals surface area contributed by atoms with Crippen LogP contribution >= 0.6 is 0 Å². The Labute approximate surface area is 122 Å². The Balaban J connectivity index is 2.27. The van der Waals surface area contributed by atoms with E-state index in [0.29, 0.717) is 6.61 Å². The second-order valence-corrected chi connectivity index (χ2v) is 6.64. The van der Waals surface area contributed by atoms with Crippen molar-refractivity contribution in [1.29, 1.82) is 0 Å². The molecule has 1 saturated heterocycles. The molecule has 2 N–H and O–H groups in total. The van der Waals surface area contributed by atoms with Gasteiger partial charge in [0.1, 0.15) is 10.7 Å². The molecule has 0 bridgehead atoms. The molecule has 0 radical (unpaired) electrons. The monoisotopic (exact) mass is 321 g/mol. The molecule has 5 nitrogen and oxygen atoms in total. The molecule has 2 rings (SSSR count). The Morgan fingerprint density at radius 1 is 1.48 bits per heavy atom. The number of hydrogen-bond acceptors (Lipinski definition) is 4. The zero-order chi connectivity index (χ0) is 15.6. The molecule has 0 saturated carbocycles. The molecule has 0 spiro atoms. The van der Waals surface area contributed by atoms with Crippen LogP contribution in [0, 0.1) is 11.6 Å². The average Bonchev–Trinajstić information content (AvgIpc) is 2.92. The van der Waals surface area contributed by atoms with Crippen LogP contribution in [0.25, 0.3) is 0 Å². The van der Waals surface area contributed by atoms with Gasteiger partial charge in [0, 0.05) is 12.6 Å². The van der Waals surface area contributed by atoms with Gasteiger partial charge in [0.15, 0.2) is 5.82 Å². The number of rotatable bonds is 5. The van der Waals surface area contributed by atoms with Crippen molar-refractivity contribution in [3.63, 3.8) is 0 Å². The summed E-state index contributed by atoms with van der Waals surface area (Å²) in [6.45, 7) is 1.28. The van der Waals surface area contributed by atoms with Gasteiger partial charge in [-0.25, -0.2) is 21.9 Å². The molecule has 2 atom stereocenters. The van der Waals surface area contributed by atoms with Gasteiger partial charge in [-0.15, -0.1) is 0 Å². The normalized spacial score (nSPS) is 20.7. The molecular weight excluding hydrogens is 304 g/mol. The van der Waals surface area contributed by atoms with E-state index in [0.717, 1.165) is 25.0 Å². The molecular formula is C13H17F2NO4S. The molecule has 0 aromatic heterocycles. The molecule has 0 amide bonds. The molecule has 0 aliphatic carbocycles. The number of aliphatic hydroxyl groups is 1. The van der Waals surface area contributed by atoms with E-state index in [1.54, 1.807) is 6.92 Å². The topological polar surface area (TPSA) is 75.6 Å². The number of benzene rings is 1. The summed E-state index contributed by atoms with van der Waals surface area (Å²) in [5, 5.41) is 8.93. The van der Waals surface area contributed by atoms with Crippen LogP contribution in [-0.2, 0) is 21.4 Å². The van der Waals surface area contributed by atoms with E-state index in [2.05, 4.69) is 4.72 Å². The summed E-state index contributed by atoms with van der Waals surface area (Å²) in [5.74, 6) is -2.26. The van der Waals surface area contributed by atoms with Crippen LogP contribution in [0.1, 0.15) is 25.3 Å². The van der Waals surface area contributed by atoms with Gasteiger partial charge in [-0.3, -0.25) is 0 Å². The second-order valence-electron chi connectivity index (χ2n) is 4.96. The van der Waals surface area contributed by atoms with Crippen molar-refractivity contribution in [3.8, 4) is 0 Å². The van der Waals surface area contributed by atoms with E-state index in [1.165, 1.54) is 0 Å². The summed E-state index contributed by atoms with van der Waals surface area (Å²) < 4.78 is 59.4. The van der Waals surface area contributed by atoms with Gasteiger partial charge in [0.2, 0.25) is 10.0 Å². The minimum absolute atomic E-state index is 0.263. The molecule has 8 heteroatoms. The highest BCUT2D eigenvalue weighted by Crippen LogP contribution is 2.23. The predicted octanol–water partition coefficient (Wildman–Crippen LogP) is 1.30. The quantitative estimate of drug-likeness (QED) is 0.857. The van der Waals surface area contributed by atoms with E-state index in [4.69, 9.17) is 9.84 Å². The predicted molar refractivity (Wildman–Crippen MR) is 71.0 cm³/mol. The highest BCUT2D eigenvalue weighted by Gasteiger charge is 2.29. The summed E-state index contributed by atoms with van der Waals surface area (Å²) >= 11 is 0. The standard InChI is InChI=1S/C13H17F2NO4S/c1-8(11-3-2-6-20-11)16-21(18,19)12-5-4-10(14)9(7-17)13(12)15/h4-5,8,11,16-17H,2-3,6-7H2,1H3. The van der Waals surface area contributed by atoms with Crippen LogP contribution in [0.3, 0.4) is 0 Å². The lowest BCUT2D eigenvalue weighted by molar-refractivity contribution is 0.0902. The second kappa shape index (κ2) is 6.35. The van der Waals surface area contributed by atoms with E-state index in [-0.39, 0.29) is 6.10 Å². The largest absolute Gasteiger partial charge is 0.391 e. The van der Waals surface area contributed by atoms with E-state index < -0.39 is 44.8 Å². The third-order valence-electron chi connectivity index (χ3n) is 3.46. The first-order valence-corrected chi connectivity index (χ1v) is 8.07. The van der Waals surface area contributed by atoms with E-state index >= 15 is 0 Å². The maximum Gasteiger partial charge on any atom is 0.243 e. The Hall–Kier alpha value is -1.09. The number of halogens is 2. The van der Waals surface area contributed by atoms with Gasteiger partial charge in [-0.1, -0.05) is 0 Å². The number of sulfonamides is 1. The van der Waals surface area contributed by atoms with Crippen molar-refractivity contribution in [2.24, 2.45) is 0 Å². The number of aliphatic hydroxyl groups excluding tert-OH is 1. The molecule has 21 heavy (non-hydrogen) atoms. The van der Waals surface area contributed by atoms with Gasteiger partial charge >= 0.3 is 0 Å². The van der Waals surface area contributed by atoms with Crippen LogP contribution in [0.15, 0.2) is 17.0 Å². The first kappa shape index (κ1) is 16.3. The maximum atomic E-state index is 14.0. The highest BCUT2D eigenvalue weighted by molar-refractivity contribution is 7.89. The summed E-state index contributed by atoms with van der Waals surface area (Å²) in [7, 11) is -4.16. The van der Waals surface area contributed by atoms with Crippen molar-refractivity contribution < 1.29 is 27.0 Å². The van der Waals surface area contributed by atoms with Gasteiger partial charge in [-0.2, -0.15) is 0 Å². The van der Waals surface area contributed by atoms with Crippen LogP contribution in [0.2, 0.25) is 0 Å². The van der Waals surface area contributed by atoms with Crippen molar-refractivity contribution >= 4 is 10.0 Å². The molecule has 1 aliphatic rings. The van der Waals surface area contributed by atoms with Crippen LogP contribution in [0.4, 0.5) is 8.78 Å². The fourth-order valence-electron chi connectivity index (χ4n) is 2.31. The molecule has 1 fully saturated rings. The summed E-state index contributed by atoms with van der Waals surface area (Å²) in [6.07, 6.45) is 1.30. The van der Waals surface area contributed by atoms with Crippen molar-refractivity contribution in [2.75, 3.05) is 6.61 Å². The molecule has 1 heterocycles. The zero-order valence-electron chi connectivity index (χ0n) is 11.5. The third kappa shape index (κ3) is 3.39. The summed E-state index contributed by atoms with van der Waals surface area (Å²) in [6, 6.07) is 1.13. The smallest absolute Gasteiger partial charge is 0.243 e. The Morgan fingerprint density at radius 3 is 2.76 bits per heavy atom. The van der Waals surface area contributed by atoms with Crippen LogP contribution in [-0.4, -0.2) is 32.3 Å². The molecule has 118 valence electrons. The Morgan fingerprint density at radius 2 is 2.19 bits per heavy atom. The number of nitrogens with one attached hydrogen (secondary N) is 1. The lowest BCUT2D eigenvalue weighted by Crippen LogP contribution is -2.41. The van der Waals surface area contributed by atoms with Gasteiger partial charge in [0.05, 0.1) is 18.3 Å². The summed E-state index contributed by atoms with van der Waals surface area (Å²) in [5.41, 5.74) is -0.664. The fourth-order valence-corrected chi connectivity index (χ4v) is 3.68. The third-order valence-corrected chi connectivity index (χ3v) is 5.04. The van der Waals surface area contributed by atoms with Crippen LogP contribution < -0.4 is 4.72 Å². The van der Waals surface area contributed by atoms with E-state index in [9.17, 15) is 17.2 Å². The first-order chi connectivity index (χ1) is 9.86. The fraction of sp³-hybridized carbons (Fsp3) is 0.538. The minimum Gasteiger partial charge on any atom is -0.391 e. The zero-order valence-corrected chi connectivity index (χ0v) is 12.3. The van der Waals surface area contributed by atoms with Crippen molar-refractivity contribution in [3.05, 3.63) is 29.3 Å². The first-order valence-electron chi connectivity index (χ1n) is 6.58. The Bertz CT molecular complexity index is 615. The van der Waals surface area contributed by atoms with Gasteiger partial charge in [0.25, 0.3) is 0 Å². The van der Waals surface area contributed by atoms with Crippen molar-refractivity contribution in [1.82, 2.24) is 4.72 Å². The highest BCUT2D eigenvalue weighted by atomic mass is 32.2. The molecule has 1 aromatic rings. The SMILES string of the molecule is CC(NS(=O)(=O)c1ccc(F)c(CO)c1F)C1CCCO1. The average molecular weight is 321 g/mol. The van der Waals surface area contributed by atoms with Gasteiger partial charge < -0.3 is 9.84 Å². The minimum atomic E-state index is -4.16. The van der Waals surface area contributed by atoms with Crippen LogP contribution in [0.5, 0.6) is 0 Å². The van der Waals surface area contributed by atoms with Crippen molar-refractivity contribution in [2.45, 2.75) is 43.4 Å². The summed E-state index contributed by atoms with van der Waals surface area (Å²) in [4.78, 5) is -0.683. The lowest BCUT2D eigenvalue weighted by atomic mass is 10.1. The van der Waals surface area contributed by atoms with E-state index in [1.807, 2.05) is 0 Å². The number of hydrogen-bond donors (Lipinski definition) is 2. The molecule has 2 unspecified atom stereocenters.